The van der Waals surface area contributed by atoms with Gasteiger partial charge >= 0.3 is 0 Å². The van der Waals surface area contributed by atoms with E-state index in [1.807, 2.05) is 33.0 Å². The van der Waals surface area contributed by atoms with Crippen molar-refractivity contribution in [2.45, 2.75) is 32.5 Å². The Morgan fingerprint density at radius 3 is 2.56 bits per heavy atom. The lowest BCUT2D eigenvalue weighted by atomic mass is 10.0. The van der Waals surface area contributed by atoms with Gasteiger partial charge in [-0.15, -0.1) is 0 Å². The Balaban J connectivity index is 2.95. The second-order valence-corrected chi connectivity index (χ2v) is 5.18. The molecule has 0 saturated carbocycles. The van der Waals surface area contributed by atoms with Crippen LogP contribution in [0.25, 0.3) is 0 Å². The average molecular weight is 252 g/mol. The Bertz CT molecular complexity index is 391. The molecule has 1 rings (SSSR count). The summed E-state index contributed by atoms with van der Waals surface area (Å²) in [5.74, 6) is 0.854. The maximum atomic E-state index is 9.38. The summed E-state index contributed by atoms with van der Waals surface area (Å²) in [5, 5.41) is 9.38. The fourth-order valence-electron chi connectivity index (χ4n) is 1.67. The van der Waals surface area contributed by atoms with Gasteiger partial charge in [-0.25, -0.2) is 0 Å². The van der Waals surface area contributed by atoms with Gasteiger partial charge in [0, 0.05) is 24.2 Å². The lowest BCUT2D eigenvalue weighted by molar-refractivity contribution is 0.0728. The van der Waals surface area contributed by atoms with E-state index in [1.165, 1.54) is 0 Å². The first kappa shape index (κ1) is 15.0. The second-order valence-electron chi connectivity index (χ2n) is 5.18. The van der Waals surface area contributed by atoms with Crippen LogP contribution in [-0.2, 0) is 13.1 Å². The predicted octanol–water partition coefficient (Wildman–Crippen LogP) is 1.36. The van der Waals surface area contributed by atoms with Gasteiger partial charge in [0.25, 0.3) is 0 Å². The highest BCUT2D eigenvalue weighted by Gasteiger charge is 2.23. The summed E-state index contributed by atoms with van der Waals surface area (Å²) >= 11 is 0. The quantitative estimate of drug-likeness (QED) is 0.802. The molecule has 0 spiro atoms. The highest BCUT2D eigenvalue weighted by atomic mass is 16.5. The zero-order valence-electron chi connectivity index (χ0n) is 11.7. The molecule has 102 valence electrons. The van der Waals surface area contributed by atoms with Crippen LogP contribution in [0.4, 0.5) is 0 Å². The van der Waals surface area contributed by atoms with Crippen molar-refractivity contribution in [3.8, 4) is 5.75 Å². The van der Waals surface area contributed by atoms with E-state index < -0.39 is 0 Å². The van der Waals surface area contributed by atoms with Gasteiger partial charge in [0.2, 0.25) is 0 Å². The summed E-state index contributed by atoms with van der Waals surface area (Å²) in [4.78, 5) is 2.10. The molecule has 0 heterocycles. The highest BCUT2D eigenvalue weighted by molar-refractivity contribution is 5.37. The fourth-order valence-corrected chi connectivity index (χ4v) is 1.67. The molecule has 0 atom stereocenters. The third-order valence-electron chi connectivity index (χ3n) is 3.41. The van der Waals surface area contributed by atoms with Crippen LogP contribution in [0.15, 0.2) is 18.2 Å². The SMILES string of the molecule is COc1ccc(CN)cc1CN(C)C(C)(C)CO. The number of hydrogen-bond acceptors (Lipinski definition) is 4. The number of benzene rings is 1. The Kier molecular flexibility index (Phi) is 5.14. The molecule has 0 aromatic heterocycles. The molecule has 0 bridgehead atoms. The third kappa shape index (κ3) is 3.45. The Hall–Kier alpha value is -1.10. The number of methoxy groups -OCH3 is 1. The number of rotatable bonds is 6. The molecule has 1 aromatic carbocycles. The van der Waals surface area contributed by atoms with Crippen molar-refractivity contribution in [3.05, 3.63) is 29.3 Å². The second kappa shape index (κ2) is 6.18. The molecule has 0 aliphatic carbocycles. The molecule has 0 fully saturated rings. The summed E-state index contributed by atoms with van der Waals surface area (Å²) in [6.45, 7) is 5.36. The zero-order chi connectivity index (χ0) is 13.8. The lowest BCUT2D eigenvalue weighted by Gasteiger charge is -2.34. The van der Waals surface area contributed by atoms with E-state index in [9.17, 15) is 5.11 Å². The highest BCUT2D eigenvalue weighted by Crippen LogP contribution is 2.24. The largest absolute Gasteiger partial charge is 0.496 e. The predicted molar refractivity (Wildman–Crippen MR) is 73.5 cm³/mol. The molecular weight excluding hydrogens is 228 g/mol. The monoisotopic (exact) mass is 252 g/mol. The Morgan fingerprint density at radius 1 is 1.39 bits per heavy atom. The molecular formula is C14H24N2O2. The molecule has 3 N–H and O–H groups in total. The normalized spacial score (nSPS) is 11.9. The molecule has 0 aliphatic rings. The Morgan fingerprint density at radius 2 is 2.06 bits per heavy atom. The van der Waals surface area contributed by atoms with Crippen LogP contribution in [0, 0.1) is 0 Å². The van der Waals surface area contributed by atoms with E-state index in [2.05, 4.69) is 11.0 Å². The molecule has 1 aromatic rings. The smallest absolute Gasteiger partial charge is 0.123 e. The summed E-state index contributed by atoms with van der Waals surface area (Å²) in [5.41, 5.74) is 7.57. The number of aliphatic hydroxyl groups is 1. The van der Waals surface area contributed by atoms with Crippen LogP contribution < -0.4 is 10.5 Å². The van der Waals surface area contributed by atoms with Crippen LogP contribution in [0.3, 0.4) is 0 Å². The van der Waals surface area contributed by atoms with Crippen molar-refractivity contribution in [2.24, 2.45) is 5.73 Å². The van der Waals surface area contributed by atoms with Crippen LogP contribution in [0.1, 0.15) is 25.0 Å². The molecule has 0 radical (unpaired) electrons. The summed E-state index contributed by atoms with van der Waals surface area (Å²) in [6.07, 6.45) is 0. The number of likely N-dealkylation sites (N-methyl/N-ethyl adjacent to an activating group) is 1. The van der Waals surface area contributed by atoms with Crippen molar-refractivity contribution in [2.75, 3.05) is 20.8 Å². The van der Waals surface area contributed by atoms with Crippen molar-refractivity contribution >= 4 is 0 Å². The average Bonchev–Trinajstić information content (AvgIpc) is 2.38. The van der Waals surface area contributed by atoms with Crippen molar-refractivity contribution in [3.63, 3.8) is 0 Å². The van der Waals surface area contributed by atoms with Gasteiger partial charge in [0.1, 0.15) is 5.75 Å². The van der Waals surface area contributed by atoms with E-state index in [-0.39, 0.29) is 12.1 Å². The molecule has 0 aliphatic heterocycles. The van der Waals surface area contributed by atoms with Gasteiger partial charge in [-0.05, 0) is 38.6 Å². The molecule has 4 nitrogen and oxygen atoms in total. The number of aliphatic hydroxyl groups excluding tert-OH is 1. The fraction of sp³-hybridized carbons (Fsp3) is 0.571. The van der Waals surface area contributed by atoms with Crippen LogP contribution >= 0.6 is 0 Å². The summed E-state index contributed by atoms with van der Waals surface area (Å²) in [6, 6.07) is 5.97. The maximum absolute atomic E-state index is 9.38. The Labute approximate surface area is 109 Å². The molecule has 18 heavy (non-hydrogen) atoms. The van der Waals surface area contributed by atoms with Crippen molar-refractivity contribution < 1.29 is 9.84 Å². The van der Waals surface area contributed by atoms with Gasteiger partial charge in [-0.2, -0.15) is 0 Å². The summed E-state index contributed by atoms with van der Waals surface area (Å²) in [7, 11) is 3.66. The maximum Gasteiger partial charge on any atom is 0.123 e. The standard InChI is InChI=1S/C14H24N2O2/c1-14(2,10-17)16(3)9-12-7-11(8-15)5-6-13(12)18-4/h5-7,17H,8-10,15H2,1-4H3. The number of hydrogen-bond donors (Lipinski definition) is 2. The van der Waals surface area contributed by atoms with Gasteiger partial charge in [-0.1, -0.05) is 6.07 Å². The van der Waals surface area contributed by atoms with Crippen molar-refractivity contribution in [1.29, 1.82) is 0 Å². The van der Waals surface area contributed by atoms with E-state index in [4.69, 9.17) is 10.5 Å². The number of nitrogens with zero attached hydrogens (tertiary/aromatic N) is 1. The van der Waals surface area contributed by atoms with E-state index in [0.29, 0.717) is 13.1 Å². The molecule has 0 saturated heterocycles. The van der Waals surface area contributed by atoms with Crippen molar-refractivity contribution in [1.82, 2.24) is 4.90 Å². The van der Waals surface area contributed by atoms with E-state index >= 15 is 0 Å². The van der Waals surface area contributed by atoms with Gasteiger partial charge < -0.3 is 15.6 Å². The first-order chi connectivity index (χ1) is 8.44. The lowest BCUT2D eigenvalue weighted by Crippen LogP contribution is -2.43. The van der Waals surface area contributed by atoms with E-state index in [0.717, 1.165) is 16.9 Å². The number of ether oxygens (including phenoxy) is 1. The van der Waals surface area contributed by atoms with Gasteiger partial charge in [0.05, 0.1) is 13.7 Å². The van der Waals surface area contributed by atoms with Crippen LogP contribution in [0.2, 0.25) is 0 Å². The molecule has 4 heteroatoms. The molecule has 0 amide bonds. The van der Waals surface area contributed by atoms with E-state index in [1.54, 1.807) is 7.11 Å². The minimum Gasteiger partial charge on any atom is -0.496 e. The molecule has 0 unspecified atom stereocenters. The third-order valence-corrected chi connectivity index (χ3v) is 3.41. The zero-order valence-corrected chi connectivity index (χ0v) is 11.7. The van der Waals surface area contributed by atoms with Crippen LogP contribution in [0.5, 0.6) is 5.75 Å². The minimum atomic E-state index is -0.260. The minimum absolute atomic E-state index is 0.113. The van der Waals surface area contributed by atoms with Gasteiger partial charge in [-0.3, -0.25) is 4.90 Å². The summed E-state index contributed by atoms with van der Waals surface area (Å²) < 4.78 is 5.36. The van der Waals surface area contributed by atoms with Gasteiger partial charge in [0.15, 0.2) is 0 Å². The number of nitrogens with two attached hydrogens (primary N) is 1. The first-order valence-corrected chi connectivity index (χ1v) is 6.12. The van der Waals surface area contributed by atoms with Crippen LogP contribution in [-0.4, -0.2) is 36.3 Å². The first-order valence-electron chi connectivity index (χ1n) is 6.12. The topological polar surface area (TPSA) is 58.7 Å².